The van der Waals surface area contributed by atoms with Crippen molar-refractivity contribution in [3.63, 3.8) is 0 Å². The van der Waals surface area contributed by atoms with Gasteiger partial charge in [-0.2, -0.15) is 0 Å². The van der Waals surface area contributed by atoms with Crippen LogP contribution in [0.5, 0.6) is 0 Å². The van der Waals surface area contributed by atoms with Crippen molar-refractivity contribution in [1.29, 1.82) is 0 Å². The molecule has 0 N–H and O–H groups in total. The average molecular weight is 213 g/mol. The molecule has 1 aromatic rings. The number of hydrogen-bond acceptors (Lipinski definition) is 1. The number of nitrogens with zero attached hydrogens (tertiary/aromatic N) is 1. The lowest BCUT2D eigenvalue weighted by atomic mass is 9.79. The van der Waals surface area contributed by atoms with Crippen molar-refractivity contribution in [1.82, 2.24) is 4.90 Å². The number of benzene rings is 1. The van der Waals surface area contributed by atoms with Crippen LogP contribution in [0.15, 0.2) is 24.3 Å². The van der Waals surface area contributed by atoms with Gasteiger partial charge in [-0.15, -0.1) is 0 Å². The summed E-state index contributed by atoms with van der Waals surface area (Å²) in [7, 11) is 0. The molecule has 0 spiro atoms. The van der Waals surface area contributed by atoms with Gasteiger partial charge in [-0.3, -0.25) is 4.90 Å². The molecule has 2 saturated heterocycles. The molecule has 3 aliphatic rings. The minimum absolute atomic E-state index is 0.771. The molecule has 0 aromatic heterocycles. The smallest absolute Gasteiger partial charge is 0.0382 e. The molecule has 0 radical (unpaired) electrons. The topological polar surface area (TPSA) is 3.24 Å². The van der Waals surface area contributed by atoms with Crippen LogP contribution in [-0.4, -0.2) is 18.0 Å². The molecule has 2 fully saturated rings. The van der Waals surface area contributed by atoms with Crippen LogP contribution in [0.4, 0.5) is 0 Å². The van der Waals surface area contributed by atoms with E-state index in [1.54, 1.807) is 11.1 Å². The highest BCUT2D eigenvalue weighted by atomic mass is 15.2. The molecule has 2 heterocycles. The summed E-state index contributed by atoms with van der Waals surface area (Å²) in [5, 5.41) is 0. The van der Waals surface area contributed by atoms with Gasteiger partial charge >= 0.3 is 0 Å². The molecule has 16 heavy (non-hydrogen) atoms. The van der Waals surface area contributed by atoms with Crippen LogP contribution in [-0.2, 0) is 6.42 Å². The minimum Gasteiger partial charge on any atom is -0.296 e. The molecule has 0 amide bonds. The Balaban J connectivity index is 1.76. The van der Waals surface area contributed by atoms with Gasteiger partial charge in [0.2, 0.25) is 0 Å². The van der Waals surface area contributed by atoms with E-state index in [9.17, 15) is 0 Å². The van der Waals surface area contributed by atoms with E-state index in [4.69, 9.17) is 0 Å². The minimum atomic E-state index is 0.771. The number of hydrogen-bond donors (Lipinski definition) is 0. The third-order valence-electron chi connectivity index (χ3n) is 4.88. The van der Waals surface area contributed by atoms with Gasteiger partial charge < -0.3 is 0 Å². The van der Waals surface area contributed by atoms with Gasteiger partial charge in [0.25, 0.3) is 0 Å². The third kappa shape index (κ3) is 1.21. The first-order valence-electron chi connectivity index (χ1n) is 6.73. The highest BCUT2D eigenvalue weighted by Gasteiger charge is 2.42. The standard InChI is InChI=1S/C15H19N/c1-2-6-14-12(5-1)9-13-8-11-4-3-7-16(10-11)15(13)14/h1-2,5-6,11,13,15H,3-4,7-10H2/t11-,13-,15-/m1/s1. The van der Waals surface area contributed by atoms with Crippen molar-refractivity contribution in [2.24, 2.45) is 11.8 Å². The predicted molar refractivity (Wildman–Crippen MR) is 65.3 cm³/mol. The molecular formula is C15H19N. The molecule has 0 saturated carbocycles. The van der Waals surface area contributed by atoms with E-state index >= 15 is 0 Å². The van der Waals surface area contributed by atoms with Crippen LogP contribution in [0.1, 0.15) is 36.4 Å². The normalized spacial score (nSPS) is 40.2. The van der Waals surface area contributed by atoms with E-state index < -0.39 is 0 Å². The molecule has 1 unspecified atom stereocenters. The molecule has 1 heteroatoms. The first-order valence-corrected chi connectivity index (χ1v) is 6.73. The molecule has 84 valence electrons. The molecule has 1 nitrogen and oxygen atoms in total. The summed E-state index contributed by atoms with van der Waals surface area (Å²) in [5.41, 5.74) is 3.28. The first kappa shape index (κ1) is 9.23. The summed E-state index contributed by atoms with van der Waals surface area (Å²) in [4.78, 5) is 2.77. The Hall–Kier alpha value is -0.820. The number of rotatable bonds is 0. The number of fused-ring (bicyclic) bond motifs is 6. The molecule has 4 atom stereocenters. The maximum absolute atomic E-state index is 2.77. The van der Waals surface area contributed by atoms with Gasteiger partial charge in [0.1, 0.15) is 0 Å². The maximum Gasteiger partial charge on any atom is 0.0382 e. The van der Waals surface area contributed by atoms with Crippen LogP contribution in [0.2, 0.25) is 0 Å². The largest absolute Gasteiger partial charge is 0.296 e. The van der Waals surface area contributed by atoms with Crippen LogP contribution in [0.25, 0.3) is 0 Å². The monoisotopic (exact) mass is 213 g/mol. The van der Waals surface area contributed by atoms with Gasteiger partial charge in [-0.05, 0) is 55.2 Å². The van der Waals surface area contributed by atoms with Gasteiger partial charge in [-0.25, -0.2) is 0 Å². The fraction of sp³-hybridized carbons (Fsp3) is 0.600. The summed E-state index contributed by atoms with van der Waals surface area (Å²) in [6.07, 6.45) is 5.73. The van der Waals surface area contributed by atoms with Gasteiger partial charge in [-0.1, -0.05) is 24.3 Å². The van der Waals surface area contributed by atoms with Crippen LogP contribution >= 0.6 is 0 Å². The fourth-order valence-electron chi connectivity index (χ4n) is 4.33. The summed E-state index contributed by atoms with van der Waals surface area (Å²) >= 11 is 0. The lowest BCUT2D eigenvalue weighted by molar-refractivity contribution is 0.0304. The zero-order chi connectivity index (χ0) is 10.5. The summed E-state index contributed by atoms with van der Waals surface area (Å²) in [6, 6.07) is 9.91. The Morgan fingerprint density at radius 1 is 1.19 bits per heavy atom. The Morgan fingerprint density at radius 2 is 2.12 bits per heavy atom. The highest BCUT2D eigenvalue weighted by molar-refractivity contribution is 5.36. The first-order chi connectivity index (χ1) is 7.92. The van der Waals surface area contributed by atoms with Crippen LogP contribution in [0, 0.1) is 11.8 Å². The third-order valence-corrected chi connectivity index (χ3v) is 4.88. The molecule has 4 rings (SSSR count). The average Bonchev–Trinajstić information content (AvgIpc) is 2.67. The lowest BCUT2D eigenvalue weighted by Crippen LogP contribution is -2.45. The van der Waals surface area contributed by atoms with Crippen molar-refractivity contribution in [2.45, 2.75) is 31.7 Å². The van der Waals surface area contributed by atoms with Crippen molar-refractivity contribution >= 4 is 0 Å². The van der Waals surface area contributed by atoms with Crippen molar-refractivity contribution in [3.05, 3.63) is 35.4 Å². The Labute approximate surface area is 97.5 Å². The Bertz CT molecular complexity index is 410. The molecule has 2 bridgehead atoms. The van der Waals surface area contributed by atoms with Gasteiger partial charge in [0.05, 0.1) is 0 Å². The van der Waals surface area contributed by atoms with E-state index in [2.05, 4.69) is 29.2 Å². The second kappa shape index (κ2) is 3.33. The van der Waals surface area contributed by atoms with Crippen molar-refractivity contribution in [2.75, 3.05) is 13.1 Å². The number of piperidine rings is 2. The zero-order valence-electron chi connectivity index (χ0n) is 9.73. The molecule has 1 aliphatic carbocycles. The lowest BCUT2D eigenvalue weighted by Gasteiger charge is -2.45. The second-order valence-corrected chi connectivity index (χ2v) is 5.85. The van der Waals surface area contributed by atoms with E-state index in [1.807, 2.05) is 0 Å². The molecule has 2 aliphatic heterocycles. The van der Waals surface area contributed by atoms with E-state index in [0.717, 1.165) is 17.9 Å². The fourth-order valence-corrected chi connectivity index (χ4v) is 4.33. The SMILES string of the molecule is c1ccc2c(c1)C[C@H]1C[C@H]3CCCN(C3)[C@@H]21. The van der Waals surface area contributed by atoms with Crippen molar-refractivity contribution < 1.29 is 0 Å². The maximum atomic E-state index is 2.77. The van der Waals surface area contributed by atoms with E-state index in [-0.39, 0.29) is 0 Å². The summed E-state index contributed by atoms with van der Waals surface area (Å²) < 4.78 is 0. The Morgan fingerprint density at radius 3 is 3.12 bits per heavy atom. The van der Waals surface area contributed by atoms with Gasteiger partial charge in [0.15, 0.2) is 0 Å². The second-order valence-electron chi connectivity index (χ2n) is 5.85. The van der Waals surface area contributed by atoms with Gasteiger partial charge in [0, 0.05) is 12.6 Å². The van der Waals surface area contributed by atoms with E-state index in [1.165, 1.54) is 38.8 Å². The molecule has 1 aromatic carbocycles. The molecular weight excluding hydrogens is 194 g/mol. The van der Waals surface area contributed by atoms with Crippen LogP contribution < -0.4 is 0 Å². The zero-order valence-corrected chi connectivity index (χ0v) is 9.73. The van der Waals surface area contributed by atoms with Crippen LogP contribution in [0.3, 0.4) is 0 Å². The van der Waals surface area contributed by atoms with Crippen molar-refractivity contribution in [3.8, 4) is 0 Å². The quantitative estimate of drug-likeness (QED) is 0.640. The predicted octanol–water partition coefficient (Wildman–Crippen LogP) is 3.02. The summed E-state index contributed by atoms with van der Waals surface area (Å²) in [6.45, 7) is 2.71. The van der Waals surface area contributed by atoms with E-state index in [0.29, 0.717) is 0 Å². The summed E-state index contributed by atoms with van der Waals surface area (Å²) in [5.74, 6) is 1.93. The highest BCUT2D eigenvalue weighted by Crippen LogP contribution is 2.48. The Kier molecular flexibility index (Phi) is 1.92.